The quantitative estimate of drug-likeness (QED) is 0.863. The Balaban J connectivity index is 2.05. The van der Waals surface area contributed by atoms with Gasteiger partial charge in [0.2, 0.25) is 0 Å². The molecule has 1 aliphatic heterocycles. The number of carbonyl (C=O) groups is 2. The van der Waals surface area contributed by atoms with Gasteiger partial charge in [-0.15, -0.1) is 0 Å². The van der Waals surface area contributed by atoms with Crippen molar-refractivity contribution in [3.63, 3.8) is 0 Å². The molecule has 0 unspecified atom stereocenters. The molecule has 4 nitrogen and oxygen atoms in total. The van der Waals surface area contributed by atoms with Gasteiger partial charge in [0.1, 0.15) is 0 Å². The summed E-state index contributed by atoms with van der Waals surface area (Å²) in [6.07, 6.45) is 1.19. The third-order valence-corrected chi connectivity index (χ3v) is 4.20. The predicted molar refractivity (Wildman–Crippen MR) is 88.8 cm³/mol. The number of benzene rings is 2. The standard InChI is InChI=1S/C19H20N2O2/c1-2-13-21-17(22)19(20-18(21)23,16-11-7-4-8-12-16)14-15-9-5-3-6-10-15/h3-12H,2,13-14H2,1H3,(H,20,23)/t19-/m0/s1. The van der Waals surface area contributed by atoms with Crippen LogP contribution in [0.4, 0.5) is 4.79 Å². The Bertz CT molecular complexity index is 700. The number of urea groups is 1. The fourth-order valence-corrected chi connectivity index (χ4v) is 3.10. The van der Waals surface area contributed by atoms with E-state index in [1.807, 2.05) is 67.6 Å². The van der Waals surface area contributed by atoms with Crippen LogP contribution in [0.3, 0.4) is 0 Å². The Morgan fingerprint density at radius 2 is 1.57 bits per heavy atom. The monoisotopic (exact) mass is 308 g/mol. The molecule has 0 spiro atoms. The Morgan fingerprint density at radius 3 is 2.17 bits per heavy atom. The number of rotatable bonds is 5. The minimum atomic E-state index is -1.02. The molecule has 4 heteroatoms. The fourth-order valence-electron chi connectivity index (χ4n) is 3.10. The second kappa shape index (κ2) is 6.24. The molecule has 1 atom stereocenters. The molecule has 0 bridgehead atoms. The first-order valence-electron chi connectivity index (χ1n) is 7.91. The van der Waals surface area contributed by atoms with E-state index in [1.54, 1.807) is 0 Å². The van der Waals surface area contributed by atoms with Crippen LogP contribution in [0.5, 0.6) is 0 Å². The molecular formula is C19H20N2O2. The van der Waals surface area contributed by atoms with Gasteiger partial charge in [-0.3, -0.25) is 9.69 Å². The second-order valence-corrected chi connectivity index (χ2v) is 5.82. The lowest BCUT2D eigenvalue weighted by Gasteiger charge is -2.27. The van der Waals surface area contributed by atoms with Gasteiger partial charge in [0.05, 0.1) is 0 Å². The van der Waals surface area contributed by atoms with Crippen LogP contribution >= 0.6 is 0 Å². The topological polar surface area (TPSA) is 49.4 Å². The Morgan fingerprint density at radius 1 is 0.957 bits per heavy atom. The molecule has 0 radical (unpaired) electrons. The van der Waals surface area contributed by atoms with Gasteiger partial charge < -0.3 is 5.32 Å². The average molecular weight is 308 g/mol. The lowest BCUT2D eigenvalue weighted by atomic mass is 9.83. The van der Waals surface area contributed by atoms with Crippen LogP contribution in [0.15, 0.2) is 60.7 Å². The van der Waals surface area contributed by atoms with Crippen LogP contribution in [0.2, 0.25) is 0 Å². The van der Waals surface area contributed by atoms with Crippen molar-refractivity contribution >= 4 is 11.9 Å². The molecule has 0 saturated carbocycles. The fraction of sp³-hybridized carbons (Fsp3) is 0.263. The lowest BCUT2D eigenvalue weighted by Crippen LogP contribution is -2.46. The predicted octanol–water partition coefficient (Wildman–Crippen LogP) is 3.09. The van der Waals surface area contributed by atoms with Gasteiger partial charge in [-0.25, -0.2) is 4.79 Å². The van der Waals surface area contributed by atoms with Gasteiger partial charge in [-0.05, 0) is 17.5 Å². The minimum absolute atomic E-state index is 0.167. The van der Waals surface area contributed by atoms with Crippen molar-refractivity contribution in [1.82, 2.24) is 10.2 Å². The van der Waals surface area contributed by atoms with E-state index in [1.165, 1.54) is 4.90 Å². The van der Waals surface area contributed by atoms with E-state index < -0.39 is 5.54 Å². The van der Waals surface area contributed by atoms with Crippen molar-refractivity contribution in [1.29, 1.82) is 0 Å². The van der Waals surface area contributed by atoms with E-state index in [2.05, 4.69) is 5.32 Å². The number of hydrogen-bond acceptors (Lipinski definition) is 2. The number of amides is 3. The molecule has 0 aliphatic carbocycles. The summed E-state index contributed by atoms with van der Waals surface area (Å²) in [6.45, 7) is 2.40. The van der Waals surface area contributed by atoms with Crippen molar-refractivity contribution in [3.8, 4) is 0 Å². The van der Waals surface area contributed by atoms with E-state index in [0.29, 0.717) is 13.0 Å². The third-order valence-electron chi connectivity index (χ3n) is 4.20. The molecule has 2 aromatic rings. The first kappa shape index (κ1) is 15.3. The molecule has 1 saturated heterocycles. The number of hydrogen-bond donors (Lipinski definition) is 1. The zero-order valence-electron chi connectivity index (χ0n) is 13.2. The maximum absolute atomic E-state index is 13.1. The Kier molecular flexibility index (Phi) is 4.15. The summed E-state index contributed by atoms with van der Waals surface area (Å²) in [7, 11) is 0. The molecule has 1 fully saturated rings. The van der Waals surface area contributed by atoms with Gasteiger partial charge in [-0.2, -0.15) is 0 Å². The number of imide groups is 1. The van der Waals surface area contributed by atoms with Crippen molar-refractivity contribution < 1.29 is 9.59 Å². The zero-order valence-corrected chi connectivity index (χ0v) is 13.2. The molecular weight excluding hydrogens is 288 g/mol. The summed E-state index contributed by atoms with van der Waals surface area (Å²) in [6, 6.07) is 19.0. The Labute approximate surface area is 136 Å². The number of nitrogens with zero attached hydrogens (tertiary/aromatic N) is 1. The van der Waals surface area contributed by atoms with E-state index in [4.69, 9.17) is 0 Å². The van der Waals surface area contributed by atoms with Crippen LogP contribution in [0.1, 0.15) is 24.5 Å². The minimum Gasteiger partial charge on any atom is -0.319 e. The lowest BCUT2D eigenvalue weighted by molar-refractivity contribution is -0.131. The summed E-state index contributed by atoms with van der Waals surface area (Å²) in [4.78, 5) is 26.8. The maximum atomic E-state index is 13.1. The molecule has 0 aromatic heterocycles. The van der Waals surface area contributed by atoms with Crippen LogP contribution in [-0.2, 0) is 16.8 Å². The van der Waals surface area contributed by atoms with Crippen LogP contribution < -0.4 is 5.32 Å². The van der Waals surface area contributed by atoms with Crippen LogP contribution in [-0.4, -0.2) is 23.4 Å². The van der Waals surface area contributed by atoms with Gasteiger partial charge in [0.15, 0.2) is 5.54 Å². The average Bonchev–Trinajstić information content (AvgIpc) is 2.82. The van der Waals surface area contributed by atoms with E-state index in [0.717, 1.165) is 17.5 Å². The van der Waals surface area contributed by atoms with Crippen molar-refractivity contribution in [2.45, 2.75) is 25.3 Å². The van der Waals surface area contributed by atoms with Gasteiger partial charge in [-0.1, -0.05) is 67.6 Å². The first-order valence-corrected chi connectivity index (χ1v) is 7.91. The van der Waals surface area contributed by atoms with E-state index in [-0.39, 0.29) is 11.9 Å². The van der Waals surface area contributed by atoms with Crippen molar-refractivity contribution in [2.75, 3.05) is 6.54 Å². The number of nitrogens with one attached hydrogen (secondary N) is 1. The highest BCUT2D eigenvalue weighted by Gasteiger charge is 2.51. The first-order chi connectivity index (χ1) is 11.2. The third kappa shape index (κ3) is 2.72. The van der Waals surface area contributed by atoms with Crippen LogP contribution in [0.25, 0.3) is 0 Å². The summed E-state index contributed by atoms with van der Waals surface area (Å²) in [5, 5.41) is 2.95. The molecule has 118 valence electrons. The second-order valence-electron chi connectivity index (χ2n) is 5.82. The molecule has 23 heavy (non-hydrogen) atoms. The van der Waals surface area contributed by atoms with E-state index >= 15 is 0 Å². The molecule has 2 aromatic carbocycles. The number of carbonyl (C=O) groups excluding carboxylic acids is 2. The summed E-state index contributed by atoms with van der Waals surface area (Å²) in [5.74, 6) is -0.167. The highest BCUT2D eigenvalue weighted by Crippen LogP contribution is 2.32. The molecule has 3 rings (SSSR count). The highest BCUT2D eigenvalue weighted by atomic mass is 16.2. The summed E-state index contributed by atoms with van der Waals surface area (Å²) in [5.41, 5.74) is 0.818. The van der Waals surface area contributed by atoms with Gasteiger partial charge in [0.25, 0.3) is 5.91 Å². The SMILES string of the molecule is CCCN1C(=O)N[C@@](Cc2ccccc2)(c2ccccc2)C1=O. The molecule has 3 amide bonds. The van der Waals surface area contributed by atoms with Crippen molar-refractivity contribution in [2.24, 2.45) is 0 Å². The smallest absolute Gasteiger partial charge is 0.319 e. The van der Waals surface area contributed by atoms with Crippen LogP contribution in [0, 0.1) is 0 Å². The summed E-state index contributed by atoms with van der Waals surface area (Å²) >= 11 is 0. The molecule has 1 aliphatic rings. The van der Waals surface area contributed by atoms with Gasteiger partial charge in [0, 0.05) is 13.0 Å². The maximum Gasteiger partial charge on any atom is 0.325 e. The Hall–Kier alpha value is -2.62. The van der Waals surface area contributed by atoms with Gasteiger partial charge >= 0.3 is 6.03 Å². The van der Waals surface area contributed by atoms with E-state index in [9.17, 15) is 9.59 Å². The summed E-state index contributed by atoms with van der Waals surface area (Å²) < 4.78 is 0. The largest absolute Gasteiger partial charge is 0.325 e. The normalized spacial score (nSPS) is 20.7. The molecule has 1 heterocycles. The highest BCUT2D eigenvalue weighted by molar-refractivity contribution is 6.07. The molecule has 1 N–H and O–H groups in total. The zero-order chi connectivity index (χ0) is 16.3. The van der Waals surface area contributed by atoms with Crippen molar-refractivity contribution in [3.05, 3.63) is 71.8 Å².